The highest BCUT2D eigenvalue weighted by atomic mass is 16.2. The van der Waals surface area contributed by atoms with Crippen LogP contribution >= 0.6 is 0 Å². The van der Waals surface area contributed by atoms with Gasteiger partial charge in [-0.3, -0.25) is 4.79 Å². The summed E-state index contributed by atoms with van der Waals surface area (Å²) in [6, 6.07) is 0.355. The van der Waals surface area contributed by atoms with E-state index in [9.17, 15) is 4.79 Å². The van der Waals surface area contributed by atoms with E-state index in [0.29, 0.717) is 17.9 Å². The number of carbonyl (C=O) groups excluding carboxylic acids is 1. The Morgan fingerprint density at radius 1 is 1.24 bits per heavy atom. The molecule has 1 heterocycles. The van der Waals surface area contributed by atoms with Gasteiger partial charge < -0.3 is 15.5 Å². The second-order valence-corrected chi connectivity index (χ2v) is 6.93. The molecule has 124 valence electrons. The maximum atomic E-state index is 12.0. The van der Waals surface area contributed by atoms with E-state index in [1.807, 2.05) is 0 Å². The largest absolute Gasteiger partial charge is 0.358 e. The Kier molecular flexibility index (Phi) is 8.27. The molecule has 21 heavy (non-hydrogen) atoms. The molecule has 0 aromatic carbocycles. The topological polar surface area (TPSA) is 44.4 Å². The third-order valence-corrected chi connectivity index (χ3v) is 4.61. The van der Waals surface area contributed by atoms with Gasteiger partial charge in [0.25, 0.3) is 0 Å². The van der Waals surface area contributed by atoms with Gasteiger partial charge in [0.05, 0.1) is 6.04 Å². The molecular weight excluding hydrogens is 262 g/mol. The van der Waals surface area contributed by atoms with Crippen molar-refractivity contribution >= 4 is 5.91 Å². The normalized spacial score (nSPS) is 20.5. The number of likely N-dealkylation sites (N-methyl/N-ethyl adjacent to an activating group) is 1. The minimum absolute atomic E-state index is 0.0568. The average Bonchev–Trinajstić information content (AvgIpc) is 2.46. The van der Waals surface area contributed by atoms with Crippen LogP contribution in [-0.4, -0.2) is 49.6 Å². The van der Waals surface area contributed by atoms with Crippen molar-refractivity contribution in [2.24, 2.45) is 11.8 Å². The first kappa shape index (κ1) is 18.4. The summed E-state index contributed by atoms with van der Waals surface area (Å²) in [5.74, 6) is 1.34. The molecule has 2 unspecified atom stereocenters. The number of hydrogen-bond donors (Lipinski definition) is 2. The summed E-state index contributed by atoms with van der Waals surface area (Å²) in [6.07, 6.45) is 4.64. The number of piperidine rings is 1. The molecule has 0 bridgehead atoms. The van der Waals surface area contributed by atoms with Gasteiger partial charge in [-0.15, -0.1) is 0 Å². The SMILES string of the molecule is CCCN1CCC(C(C)NC(CC(C)C)C(=O)NC)CC1. The quantitative estimate of drug-likeness (QED) is 0.722. The van der Waals surface area contributed by atoms with E-state index in [1.165, 1.54) is 38.9 Å². The fraction of sp³-hybridized carbons (Fsp3) is 0.941. The summed E-state index contributed by atoms with van der Waals surface area (Å²) in [7, 11) is 1.73. The summed E-state index contributed by atoms with van der Waals surface area (Å²) in [5, 5.41) is 6.38. The predicted octanol–water partition coefficient (Wildman–Crippen LogP) is 2.25. The number of hydrogen-bond acceptors (Lipinski definition) is 3. The lowest BCUT2D eigenvalue weighted by Crippen LogP contribution is -2.51. The Morgan fingerprint density at radius 2 is 1.86 bits per heavy atom. The molecule has 0 saturated carbocycles. The lowest BCUT2D eigenvalue weighted by Gasteiger charge is -2.36. The van der Waals surface area contributed by atoms with E-state index in [-0.39, 0.29) is 11.9 Å². The zero-order valence-electron chi connectivity index (χ0n) is 14.6. The zero-order chi connectivity index (χ0) is 15.8. The van der Waals surface area contributed by atoms with Crippen molar-refractivity contribution in [1.82, 2.24) is 15.5 Å². The van der Waals surface area contributed by atoms with Crippen molar-refractivity contribution < 1.29 is 4.79 Å². The molecule has 2 atom stereocenters. The number of likely N-dealkylation sites (tertiary alicyclic amines) is 1. The van der Waals surface area contributed by atoms with Crippen LogP contribution in [0.15, 0.2) is 0 Å². The maximum Gasteiger partial charge on any atom is 0.236 e. The molecule has 2 N–H and O–H groups in total. The molecule has 4 nitrogen and oxygen atoms in total. The van der Waals surface area contributed by atoms with E-state index in [0.717, 1.165) is 6.42 Å². The molecular formula is C17H35N3O. The van der Waals surface area contributed by atoms with Gasteiger partial charge in [0, 0.05) is 13.1 Å². The summed E-state index contributed by atoms with van der Waals surface area (Å²) in [4.78, 5) is 14.6. The molecule has 1 aliphatic rings. The molecule has 0 radical (unpaired) electrons. The lowest BCUT2D eigenvalue weighted by atomic mass is 9.89. The van der Waals surface area contributed by atoms with Crippen molar-refractivity contribution in [3.8, 4) is 0 Å². The van der Waals surface area contributed by atoms with Gasteiger partial charge in [0.1, 0.15) is 0 Å². The molecule has 1 amide bonds. The molecule has 4 heteroatoms. The number of rotatable bonds is 8. The van der Waals surface area contributed by atoms with E-state index in [2.05, 4.69) is 43.2 Å². The van der Waals surface area contributed by atoms with E-state index in [4.69, 9.17) is 0 Å². The van der Waals surface area contributed by atoms with E-state index < -0.39 is 0 Å². The van der Waals surface area contributed by atoms with Gasteiger partial charge in [0.2, 0.25) is 5.91 Å². The summed E-state index contributed by atoms with van der Waals surface area (Å²) >= 11 is 0. The Balaban J connectivity index is 2.46. The molecule has 1 fully saturated rings. The zero-order valence-corrected chi connectivity index (χ0v) is 14.6. The Labute approximate surface area is 131 Å². The van der Waals surface area contributed by atoms with Crippen LogP contribution in [0.25, 0.3) is 0 Å². The van der Waals surface area contributed by atoms with Crippen molar-refractivity contribution in [3.05, 3.63) is 0 Å². The lowest BCUT2D eigenvalue weighted by molar-refractivity contribution is -0.123. The standard InChI is InChI=1S/C17H35N3O/c1-6-9-20-10-7-15(8-11-20)14(4)19-16(12-13(2)3)17(21)18-5/h13-16,19H,6-12H2,1-5H3,(H,18,21). The molecule has 0 aromatic heterocycles. The van der Waals surface area contributed by atoms with Gasteiger partial charge in [-0.05, 0) is 64.1 Å². The van der Waals surface area contributed by atoms with Crippen LogP contribution in [0.1, 0.15) is 53.4 Å². The molecule has 1 saturated heterocycles. The van der Waals surface area contributed by atoms with Crippen LogP contribution < -0.4 is 10.6 Å². The Bertz CT molecular complexity index is 298. The summed E-state index contributed by atoms with van der Waals surface area (Å²) < 4.78 is 0. The second kappa shape index (κ2) is 9.42. The van der Waals surface area contributed by atoms with Crippen molar-refractivity contribution in [2.45, 2.75) is 65.5 Å². The maximum absolute atomic E-state index is 12.0. The fourth-order valence-corrected chi connectivity index (χ4v) is 3.34. The number of amides is 1. The van der Waals surface area contributed by atoms with Gasteiger partial charge in [-0.1, -0.05) is 20.8 Å². The molecule has 0 spiro atoms. The number of nitrogens with zero attached hydrogens (tertiary/aromatic N) is 1. The van der Waals surface area contributed by atoms with Crippen LogP contribution in [0.2, 0.25) is 0 Å². The first-order valence-electron chi connectivity index (χ1n) is 8.67. The Hall–Kier alpha value is -0.610. The van der Waals surface area contributed by atoms with Gasteiger partial charge in [-0.2, -0.15) is 0 Å². The summed E-state index contributed by atoms with van der Waals surface area (Å²) in [5.41, 5.74) is 0. The third-order valence-electron chi connectivity index (χ3n) is 4.61. The van der Waals surface area contributed by atoms with Gasteiger partial charge >= 0.3 is 0 Å². The summed E-state index contributed by atoms with van der Waals surface area (Å²) in [6.45, 7) is 12.5. The van der Waals surface area contributed by atoms with Crippen LogP contribution in [0, 0.1) is 11.8 Å². The molecule has 1 rings (SSSR count). The smallest absolute Gasteiger partial charge is 0.236 e. The van der Waals surface area contributed by atoms with Crippen LogP contribution in [0.5, 0.6) is 0 Å². The van der Waals surface area contributed by atoms with Crippen LogP contribution in [0.4, 0.5) is 0 Å². The average molecular weight is 297 g/mol. The highest BCUT2D eigenvalue weighted by molar-refractivity contribution is 5.81. The molecule has 1 aliphatic heterocycles. The fourth-order valence-electron chi connectivity index (χ4n) is 3.34. The number of carbonyl (C=O) groups is 1. The van der Waals surface area contributed by atoms with Crippen LogP contribution in [0.3, 0.4) is 0 Å². The van der Waals surface area contributed by atoms with Gasteiger partial charge in [0.15, 0.2) is 0 Å². The first-order chi connectivity index (χ1) is 9.97. The molecule has 0 aliphatic carbocycles. The van der Waals surface area contributed by atoms with Gasteiger partial charge in [-0.25, -0.2) is 0 Å². The minimum atomic E-state index is -0.0568. The third kappa shape index (κ3) is 6.35. The minimum Gasteiger partial charge on any atom is -0.358 e. The second-order valence-electron chi connectivity index (χ2n) is 6.93. The monoisotopic (exact) mass is 297 g/mol. The molecule has 0 aromatic rings. The van der Waals surface area contributed by atoms with Crippen molar-refractivity contribution in [1.29, 1.82) is 0 Å². The highest BCUT2D eigenvalue weighted by Crippen LogP contribution is 2.21. The number of nitrogens with one attached hydrogen (secondary N) is 2. The Morgan fingerprint density at radius 3 is 2.33 bits per heavy atom. The first-order valence-corrected chi connectivity index (χ1v) is 8.67. The van der Waals surface area contributed by atoms with E-state index in [1.54, 1.807) is 7.05 Å². The predicted molar refractivity (Wildman–Crippen MR) is 89.4 cm³/mol. The van der Waals surface area contributed by atoms with Crippen LogP contribution in [-0.2, 0) is 4.79 Å². The van der Waals surface area contributed by atoms with Crippen molar-refractivity contribution in [2.75, 3.05) is 26.7 Å². The van der Waals surface area contributed by atoms with E-state index >= 15 is 0 Å². The highest BCUT2D eigenvalue weighted by Gasteiger charge is 2.27. The van der Waals surface area contributed by atoms with Crippen molar-refractivity contribution in [3.63, 3.8) is 0 Å².